The zero-order valence-corrected chi connectivity index (χ0v) is 12.4. The lowest BCUT2D eigenvalue weighted by molar-refractivity contribution is 0.473. The molecule has 100 valence electrons. The molecule has 0 amide bonds. The van der Waals surface area contributed by atoms with Gasteiger partial charge in [-0.05, 0) is 59.1 Å². The second-order valence-electron chi connectivity index (χ2n) is 4.49. The summed E-state index contributed by atoms with van der Waals surface area (Å²) in [4.78, 5) is 0. The normalized spacial score (nSPS) is 12.3. The fourth-order valence-corrected chi connectivity index (χ4v) is 2.12. The number of benzene rings is 2. The fraction of sp³-hybridized carbons (Fsp3) is 0.200. The van der Waals surface area contributed by atoms with E-state index in [2.05, 4.69) is 15.9 Å². The molecular formula is C15H15BrFNO. The molecule has 2 aromatic rings. The summed E-state index contributed by atoms with van der Waals surface area (Å²) < 4.78 is 19.9. The average Bonchev–Trinajstić information content (AvgIpc) is 2.36. The van der Waals surface area contributed by atoms with Gasteiger partial charge in [-0.25, -0.2) is 4.39 Å². The van der Waals surface area contributed by atoms with Gasteiger partial charge in [0.05, 0.1) is 4.47 Å². The average molecular weight is 324 g/mol. The van der Waals surface area contributed by atoms with Gasteiger partial charge in [0.2, 0.25) is 0 Å². The first-order valence-corrected chi connectivity index (χ1v) is 6.75. The standard InChI is InChI=1S/C15H15BrFNO/c1-9-3-5-12(8-14(9)17)19-15-6-4-11(10(2)18)7-13(15)16/h3-8,10H,18H2,1-2H3/t10-/m1/s1. The molecule has 0 radical (unpaired) electrons. The molecule has 0 spiro atoms. The number of hydrogen-bond donors (Lipinski definition) is 1. The first-order chi connectivity index (χ1) is 8.97. The Hall–Kier alpha value is -1.39. The molecule has 0 aliphatic heterocycles. The second-order valence-corrected chi connectivity index (χ2v) is 5.35. The van der Waals surface area contributed by atoms with Crippen molar-refractivity contribution in [2.45, 2.75) is 19.9 Å². The molecule has 0 aliphatic carbocycles. The van der Waals surface area contributed by atoms with E-state index in [0.29, 0.717) is 17.1 Å². The lowest BCUT2D eigenvalue weighted by atomic mass is 10.1. The van der Waals surface area contributed by atoms with Gasteiger partial charge in [-0.2, -0.15) is 0 Å². The molecule has 2 rings (SSSR count). The Morgan fingerprint density at radius 2 is 1.95 bits per heavy atom. The molecule has 0 saturated carbocycles. The minimum atomic E-state index is -0.277. The Morgan fingerprint density at radius 3 is 2.53 bits per heavy atom. The summed E-state index contributed by atoms with van der Waals surface area (Å²) in [5.41, 5.74) is 7.42. The van der Waals surface area contributed by atoms with Gasteiger partial charge in [0.15, 0.2) is 0 Å². The number of halogens is 2. The van der Waals surface area contributed by atoms with E-state index < -0.39 is 0 Å². The highest BCUT2D eigenvalue weighted by molar-refractivity contribution is 9.10. The van der Waals surface area contributed by atoms with Gasteiger partial charge in [0, 0.05) is 12.1 Å². The van der Waals surface area contributed by atoms with E-state index in [4.69, 9.17) is 10.5 Å². The van der Waals surface area contributed by atoms with Crippen LogP contribution in [0.1, 0.15) is 24.1 Å². The molecule has 0 aromatic heterocycles. The van der Waals surface area contributed by atoms with Crippen molar-refractivity contribution < 1.29 is 9.13 Å². The maximum absolute atomic E-state index is 13.4. The largest absolute Gasteiger partial charge is 0.456 e. The zero-order valence-electron chi connectivity index (χ0n) is 10.8. The summed E-state index contributed by atoms with van der Waals surface area (Å²) in [7, 11) is 0. The van der Waals surface area contributed by atoms with Gasteiger partial charge in [0.25, 0.3) is 0 Å². The highest BCUT2D eigenvalue weighted by atomic mass is 79.9. The van der Waals surface area contributed by atoms with E-state index in [0.717, 1.165) is 10.0 Å². The molecule has 1 atom stereocenters. The summed E-state index contributed by atoms with van der Waals surface area (Å²) in [6.45, 7) is 3.63. The highest BCUT2D eigenvalue weighted by Gasteiger charge is 2.07. The Labute approximate surface area is 120 Å². The number of rotatable bonds is 3. The molecule has 0 unspecified atom stereocenters. The maximum Gasteiger partial charge on any atom is 0.141 e. The van der Waals surface area contributed by atoms with Crippen LogP contribution in [0.3, 0.4) is 0 Å². The van der Waals surface area contributed by atoms with Crippen LogP contribution < -0.4 is 10.5 Å². The molecule has 2 aromatic carbocycles. The van der Waals surface area contributed by atoms with Crippen molar-refractivity contribution in [3.63, 3.8) is 0 Å². The first kappa shape index (κ1) is 14.0. The van der Waals surface area contributed by atoms with Crippen LogP contribution in [0.25, 0.3) is 0 Å². The Balaban J connectivity index is 2.25. The summed E-state index contributed by atoms with van der Waals surface area (Å²) in [6, 6.07) is 10.4. The molecule has 0 saturated heterocycles. The lowest BCUT2D eigenvalue weighted by Gasteiger charge is -2.11. The molecule has 0 aliphatic rings. The van der Waals surface area contributed by atoms with Crippen LogP contribution in [-0.2, 0) is 0 Å². The molecule has 0 fully saturated rings. The van der Waals surface area contributed by atoms with Gasteiger partial charge >= 0.3 is 0 Å². The van der Waals surface area contributed by atoms with Crippen molar-refractivity contribution in [1.29, 1.82) is 0 Å². The van der Waals surface area contributed by atoms with Gasteiger partial charge in [-0.15, -0.1) is 0 Å². The fourth-order valence-electron chi connectivity index (χ4n) is 1.65. The maximum atomic E-state index is 13.4. The summed E-state index contributed by atoms with van der Waals surface area (Å²) in [5.74, 6) is 0.825. The van der Waals surface area contributed by atoms with Gasteiger partial charge in [-0.1, -0.05) is 12.1 Å². The molecule has 2 N–H and O–H groups in total. The van der Waals surface area contributed by atoms with Crippen molar-refractivity contribution in [1.82, 2.24) is 0 Å². The molecule has 2 nitrogen and oxygen atoms in total. The lowest BCUT2D eigenvalue weighted by Crippen LogP contribution is -2.04. The van der Waals surface area contributed by atoms with E-state index in [1.807, 2.05) is 25.1 Å². The number of hydrogen-bond acceptors (Lipinski definition) is 2. The van der Waals surface area contributed by atoms with E-state index in [1.54, 1.807) is 19.1 Å². The first-order valence-electron chi connectivity index (χ1n) is 5.96. The van der Waals surface area contributed by atoms with E-state index in [1.165, 1.54) is 6.07 Å². The quantitative estimate of drug-likeness (QED) is 0.887. The third kappa shape index (κ3) is 3.33. The van der Waals surface area contributed by atoms with Gasteiger partial charge in [-0.3, -0.25) is 0 Å². The van der Waals surface area contributed by atoms with Crippen LogP contribution in [0.5, 0.6) is 11.5 Å². The van der Waals surface area contributed by atoms with Gasteiger partial charge in [0.1, 0.15) is 17.3 Å². The smallest absolute Gasteiger partial charge is 0.141 e. The molecule has 19 heavy (non-hydrogen) atoms. The summed E-state index contributed by atoms with van der Waals surface area (Å²) in [5, 5.41) is 0. The van der Waals surface area contributed by atoms with Gasteiger partial charge < -0.3 is 10.5 Å². The van der Waals surface area contributed by atoms with Crippen molar-refractivity contribution in [3.8, 4) is 11.5 Å². The van der Waals surface area contributed by atoms with E-state index in [-0.39, 0.29) is 11.9 Å². The highest BCUT2D eigenvalue weighted by Crippen LogP contribution is 2.32. The number of nitrogens with two attached hydrogens (primary N) is 1. The topological polar surface area (TPSA) is 35.2 Å². The third-order valence-electron chi connectivity index (χ3n) is 2.85. The molecule has 0 bridgehead atoms. The Bertz CT molecular complexity index is 599. The summed E-state index contributed by atoms with van der Waals surface area (Å²) >= 11 is 3.43. The minimum absolute atomic E-state index is 0.0397. The number of ether oxygens (including phenoxy) is 1. The molecule has 4 heteroatoms. The minimum Gasteiger partial charge on any atom is -0.456 e. The van der Waals surface area contributed by atoms with Crippen LogP contribution in [0.4, 0.5) is 4.39 Å². The summed E-state index contributed by atoms with van der Waals surface area (Å²) in [6.07, 6.45) is 0. The van der Waals surface area contributed by atoms with Crippen LogP contribution in [0.15, 0.2) is 40.9 Å². The van der Waals surface area contributed by atoms with Crippen molar-refractivity contribution in [2.24, 2.45) is 5.73 Å². The Kier molecular flexibility index (Phi) is 4.22. The zero-order chi connectivity index (χ0) is 14.0. The van der Waals surface area contributed by atoms with Crippen molar-refractivity contribution >= 4 is 15.9 Å². The van der Waals surface area contributed by atoms with Crippen LogP contribution in [0, 0.1) is 12.7 Å². The number of aryl methyl sites for hydroxylation is 1. The molecular weight excluding hydrogens is 309 g/mol. The van der Waals surface area contributed by atoms with E-state index in [9.17, 15) is 4.39 Å². The van der Waals surface area contributed by atoms with E-state index >= 15 is 0 Å². The molecule has 0 heterocycles. The predicted octanol–water partition coefficient (Wildman–Crippen LogP) is 4.71. The van der Waals surface area contributed by atoms with Crippen LogP contribution >= 0.6 is 15.9 Å². The predicted molar refractivity (Wildman–Crippen MR) is 78.0 cm³/mol. The second kappa shape index (κ2) is 5.72. The monoisotopic (exact) mass is 323 g/mol. The third-order valence-corrected chi connectivity index (χ3v) is 3.47. The van der Waals surface area contributed by atoms with Crippen molar-refractivity contribution in [3.05, 3.63) is 57.8 Å². The van der Waals surface area contributed by atoms with Crippen LogP contribution in [-0.4, -0.2) is 0 Å². The Morgan fingerprint density at radius 1 is 1.21 bits per heavy atom. The SMILES string of the molecule is Cc1ccc(Oc2ccc([C@@H](C)N)cc2Br)cc1F. The van der Waals surface area contributed by atoms with Crippen molar-refractivity contribution in [2.75, 3.05) is 0 Å². The van der Waals surface area contributed by atoms with Crippen LogP contribution in [0.2, 0.25) is 0 Å².